The zero-order chi connectivity index (χ0) is 19.4. The Bertz CT molecular complexity index is 1380. The lowest BCUT2D eigenvalue weighted by Crippen LogP contribution is -2.19. The Hall–Kier alpha value is -3.79. The number of nitrogens with one attached hydrogen (secondary N) is 2. The minimum atomic E-state index is -0.0831. The summed E-state index contributed by atoms with van der Waals surface area (Å²) in [5.74, 6) is 1.50. The molecule has 3 aromatic carbocycles. The fourth-order valence-electron chi connectivity index (χ4n) is 4.33. The molecule has 0 bridgehead atoms. The number of pyridine rings is 1. The van der Waals surface area contributed by atoms with E-state index < -0.39 is 0 Å². The number of H-pyrrole nitrogens is 1. The third-order valence-corrected chi connectivity index (χ3v) is 5.75. The predicted octanol–water partition coefficient (Wildman–Crippen LogP) is 5.19. The molecule has 4 aromatic rings. The van der Waals surface area contributed by atoms with Gasteiger partial charge in [0.2, 0.25) is 0 Å². The molecule has 4 nitrogen and oxygen atoms in total. The van der Waals surface area contributed by atoms with Crippen LogP contribution in [-0.4, -0.2) is 11.5 Å². The standard InChI is InChI=1S/C25H18N2O2/c28-25-19-13-16-7-2-4-11-22(16)29-24(19)23-18(8-5-10-21(23)27-25)17-12-15-6-1-3-9-20(15)26-14-17/h1-12,26H,13-14H2,(H,27,28). The first-order chi connectivity index (χ1) is 14.3. The number of fused-ring (bicyclic) bond motifs is 5. The Morgan fingerprint density at radius 2 is 1.76 bits per heavy atom. The monoisotopic (exact) mass is 378 g/mol. The molecule has 2 N–H and O–H groups in total. The number of para-hydroxylation sites is 2. The molecule has 0 saturated heterocycles. The van der Waals surface area contributed by atoms with Crippen molar-refractivity contribution in [2.24, 2.45) is 0 Å². The van der Waals surface area contributed by atoms with E-state index in [1.165, 1.54) is 5.57 Å². The smallest absolute Gasteiger partial charge is 0.255 e. The van der Waals surface area contributed by atoms with Gasteiger partial charge in [-0.15, -0.1) is 0 Å². The van der Waals surface area contributed by atoms with Gasteiger partial charge in [0.1, 0.15) is 11.5 Å². The highest BCUT2D eigenvalue weighted by atomic mass is 16.5. The summed E-state index contributed by atoms with van der Waals surface area (Å²) in [7, 11) is 0. The van der Waals surface area contributed by atoms with Crippen molar-refractivity contribution in [3.63, 3.8) is 0 Å². The Balaban J connectivity index is 1.61. The molecule has 0 radical (unpaired) electrons. The van der Waals surface area contributed by atoms with E-state index in [2.05, 4.69) is 34.6 Å². The zero-order valence-corrected chi connectivity index (χ0v) is 15.7. The number of aromatic amines is 1. The number of hydrogen-bond acceptors (Lipinski definition) is 3. The second-order valence-corrected chi connectivity index (χ2v) is 7.49. The summed E-state index contributed by atoms with van der Waals surface area (Å²) >= 11 is 0. The summed E-state index contributed by atoms with van der Waals surface area (Å²) in [5.41, 5.74) is 6.99. The largest absolute Gasteiger partial charge is 0.456 e. The normalized spacial score (nSPS) is 14.1. The lowest BCUT2D eigenvalue weighted by molar-refractivity contribution is 0.464. The summed E-state index contributed by atoms with van der Waals surface area (Å²) in [6, 6.07) is 22.2. The lowest BCUT2D eigenvalue weighted by Gasteiger charge is -2.24. The van der Waals surface area contributed by atoms with Gasteiger partial charge in [0, 0.05) is 24.0 Å². The minimum Gasteiger partial charge on any atom is -0.456 e. The molecule has 3 heterocycles. The van der Waals surface area contributed by atoms with Crippen LogP contribution in [0, 0.1) is 0 Å². The zero-order valence-electron chi connectivity index (χ0n) is 15.7. The first-order valence-corrected chi connectivity index (χ1v) is 9.75. The molecule has 140 valence electrons. The van der Waals surface area contributed by atoms with E-state index in [1.54, 1.807) is 0 Å². The fraction of sp³-hybridized carbons (Fsp3) is 0.0800. The molecular formula is C25H18N2O2. The van der Waals surface area contributed by atoms with Crippen molar-refractivity contribution in [1.29, 1.82) is 0 Å². The summed E-state index contributed by atoms with van der Waals surface area (Å²) in [6.07, 6.45) is 2.79. The summed E-state index contributed by atoms with van der Waals surface area (Å²) in [4.78, 5) is 15.8. The maximum atomic E-state index is 12.8. The van der Waals surface area contributed by atoms with Crippen molar-refractivity contribution >= 4 is 28.2 Å². The third kappa shape index (κ3) is 2.49. The van der Waals surface area contributed by atoms with Gasteiger partial charge >= 0.3 is 0 Å². The summed E-state index contributed by atoms with van der Waals surface area (Å²) in [6.45, 7) is 0.723. The third-order valence-electron chi connectivity index (χ3n) is 5.75. The molecule has 2 aliphatic rings. The van der Waals surface area contributed by atoms with Crippen molar-refractivity contribution in [1.82, 2.24) is 4.98 Å². The van der Waals surface area contributed by atoms with Gasteiger partial charge in [0.25, 0.3) is 5.56 Å². The number of rotatable bonds is 1. The molecule has 1 aromatic heterocycles. The van der Waals surface area contributed by atoms with E-state index in [1.807, 2.05) is 48.5 Å². The molecule has 0 saturated carbocycles. The number of aromatic nitrogens is 1. The van der Waals surface area contributed by atoms with E-state index in [0.717, 1.165) is 45.6 Å². The summed E-state index contributed by atoms with van der Waals surface area (Å²) in [5, 5.41) is 4.46. The van der Waals surface area contributed by atoms with Gasteiger partial charge in [-0.3, -0.25) is 4.79 Å². The topological polar surface area (TPSA) is 54.1 Å². The number of anilines is 1. The second kappa shape index (κ2) is 6.11. The Labute approximate surface area is 167 Å². The van der Waals surface area contributed by atoms with E-state index in [9.17, 15) is 4.79 Å². The van der Waals surface area contributed by atoms with Crippen LogP contribution in [0.1, 0.15) is 22.3 Å². The van der Waals surface area contributed by atoms with Gasteiger partial charge in [0.05, 0.1) is 11.1 Å². The average molecular weight is 378 g/mol. The highest BCUT2D eigenvalue weighted by molar-refractivity contribution is 6.03. The first kappa shape index (κ1) is 16.2. The molecular weight excluding hydrogens is 360 g/mol. The van der Waals surface area contributed by atoms with E-state index >= 15 is 0 Å². The van der Waals surface area contributed by atoms with Crippen molar-refractivity contribution < 1.29 is 4.74 Å². The Morgan fingerprint density at radius 3 is 2.72 bits per heavy atom. The van der Waals surface area contributed by atoms with E-state index in [0.29, 0.717) is 17.7 Å². The van der Waals surface area contributed by atoms with Crippen molar-refractivity contribution in [2.75, 3.05) is 11.9 Å². The average Bonchev–Trinajstić information content (AvgIpc) is 2.77. The van der Waals surface area contributed by atoms with Gasteiger partial charge in [-0.2, -0.15) is 0 Å². The van der Waals surface area contributed by atoms with Crippen LogP contribution in [0.4, 0.5) is 5.69 Å². The van der Waals surface area contributed by atoms with Crippen LogP contribution in [0.15, 0.2) is 71.5 Å². The summed E-state index contributed by atoms with van der Waals surface area (Å²) < 4.78 is 6.30. The quantitative estimate of drug-likeness (QED) is 0.422. The first-order valence-electron chi connectivity index (χ1n) is 9.75. The molecule has 0 aliphatic carbocycles. The molecule has 0 spiro atoms. The van der Waals surface area contributed by atoms with Gasteiger partial charge in [0.15, 0.2) is 0 Å². The SMILES string of the molecule is O=c1[nH]c2cccc(C3=Cc4ccccc4NC3)c2c2c1Cc1ccccc1O2. The maximum absolute atomic E-state index is 12.8. The van der Waals surface area contributed by atoms with Gasteiger partial charge in [-0.1, -0.05) is 48.5 Å². The van der Waals surface area contributed by atoms with Crippen molar-refractivity contribution in [3.8, 4) is 11.5 Å². The molecule has 2 aliphatic heterocycles. The Morgan fingerprint density at radius 1 is 0.897 bits per heavy atom. The molecule has 0 atom stereocenters. The lowest BCUT2D eigenvalue weighted by atomic mass is 9.92. The maximum Gasteiger partial charge on any atom is 0.255 e. The highest BCUT2D eigenvalue weighted by Crippen LogP contribution is 2.42. The van der Waals surface area contributed by atoms with Crippen LogP contribution in [0.5, 0.6) is 11.5 Å². The van der Waals surface area contributed by atoms with Gasteiger partial charge in [-0.25, -0.2) is 0 Å². The molecule has 0 fully saturated rings. The number of benzene rings is 3. The van der Waals surface area contributed by atoms with Crippen LogP contribution < -0.4 is 15.6 Å². The predicted molar refractivity (Wildman–Crippen MR) is 117 cm³/mol. The van der Waals surface area contributed by atoms with Crippen LogP contribution in [0.2, 0.25) is 0 Å². The minimum absolute atomic E-state index is 0.0831. The molecule has 0 amide bonds. The van der Waals surface area contributed by atoms with E-state index in [4.69, 9.17) is 4.74 Å². The van der Waals surface area contributed by atoms with E-state index in [-0.39, 0.29) is 5.56 Å². The highest BCUT2D eigenvalue weighted by Gasteiger charge is 2.25. The van der Waals surface area contributed by atoms with Gasteiger partial charge in [-0.05, 0) is 46.5 Å². The molecule has 0 unspecified atom stereocenters. The van der Waals surface area contributed by atoms with Crippen molar-refractivity contribution in [2.45, 2.75) is 6.42 Å². The van der Waals surface area contributed by atoms with Crippen LogP contribution in [0.3, 0.4) is 0 Å². The van der Waals surface area contributed by atoms with Crippen LogP contribution in [0.25, 0.3) is 22.6 Å². The molecule has 29 heavy (non-hydrogen) atoms. The second-order valence-electron chi connectivity index (χ2n) is 7.49. The number of hydrogen-bond donors (Lipinski definition) is 2. The molecule has 6 rings (SSSR count). The van der Waals surface area contributed by atoms with Crippen LogP contribution >= 0.6 is 0 Å². The Kier molecular flexibility index (Phi) is 3.41. The van der Waals surface area contributed by atoms with Crippen LogP contribution in [-0.2, 0) is 6.42 Å². The number of ether oxygens (including phenoxy) is 1. The van der Waals surface area contributed by atoms with Gasteiger partial charge < -0.3 is 15.0 Å². The fourth-order valence-corrected chi connectivity index (χ4v) is 4.33. The molecule has 4 heteroatoms. The van der Waals surface area contributed by atoms with Crippen molar-refractivity contribution in [3.05, 3.63) is 99.3 Å².